The van der Waals surface area contributed by atoms with Gasteiger partial charge in [0.1, 0.15) is 0 Å². The van der Waals surface area contributed by atoms with Crippen molar-refractivity contribution in [3.05, 3.63) is 101 Å². The third-order valence-electron chi connectivity index (χ3n) is 7.90. The summed E-state index contributed by atoms with van der Waals surface area (Å²) >= 11 is 0. The zero-order valence-corrected chi connectivity index (χ0v) is 23.6. The molecule has 40 heavy (non-hydrogen) atoms. The highest BCUT2D eigenvalue weighted by Gasteiger charge is 2.30. The van der Waals surface area contributed by atoms with E-state index in [1.807, 2.05) is 61.5 Å². The molecule has 1 heterocycles. The van der Waals surface area contributed by atoms with Crippen molar-refractivity contribution in [2.45, 2.75) is 58.0 Å². The van der Waals surface area contributed by atoms with E-state index in [1.54, 1.807) is 23.1 Å². The molecule has 1 saturated carbocycles. The lowest BCUT2D eigenvalue weighted by molar-refractivity contribution is -0.117. The third kappa shape index (κ3) is 6.80. The molecule has 0 radical (unpaired) electrons. The zero-order valence-electron chi connectivity index (χ0n) is 23.6. The standard InChI is InChI=1S/C34H39N3O3/c1-25-10-8-11-27(22-25)24-37-30-14-6-7-15-31(30)40-32(34(37)39)23-26-16-18-28(19-17-26)33(38)35-20-9-21-36(2)29-12-4-3-5-13-29/h6-8,10-11,14-19,22-23,29H,3-5,9,12-13,20-21,24H2,1-2H3,(H,35,38). The summed E-state index contributed by atoms with van der Waals surface area (Å²) in [5, 5.41) is 3.04. The van der Waals surface area contributed by atoms with E-state index in [0.29, 0.717) is 30.4 Å². The molecule has 0 spiro atoms. The number of nitrogens with zero attached hydrogens (tertiary/aromatic N) is 2. The number of carbonyl (C=O) groups excluding carboxylic acids is 2. The predicted octanol–water partition coefficient (Wildman–Crippen LogP) is 6.35. The van der Waals surface area contributed by atoms with Crippen LogP contribution in [0.25, 0.3) is 6.08 Å². The number of ether oxygens (including phenoxy) is 1. The number of para-hydroxylation sites is 2. The average Bonchev–Trinajstić information content (AvgIpc) is 2.98. The molecule has 1 fully saturated rings. The highest BCUT2D eigenvalue weighted by molar-refractivity contribution is 6.09. The number of rotatable bonds is 9. The summed E-state index contributed by atoms with van der Waals surface area (Å²) in [7, 11) is 2.20. The summed E-state index contributed by atoms with van der Waals surface area (Å²) in [6, 6.07) is 23.7. The predicted molar refractivity (Wildman–Crippen MR) is 160 cm³/mol. The van der Waals surface area contributed by atoms with E-state index >= 15 is 0 Å². The molecule has 0 aromatic heterocycles. The first-order valence-electron chi connectivity index (χ1n) is 14.4. The zero-order chi connectivity index (χ0) is 27.9. The van der Waals surface area contributed by atoms with Gasteiger partial charge in [0.25, 0.3) is 11.8 Å². The Bertz CT molecular complexity index is 1360. The van der Waals surface area contributed by atoms with Gasteiger partial charge < -0.3 is 15.0 Å². The van der Waals surface area contributed by atoms with Crippen LogP contribution in [0.1, 0.15) is 65.6 Å². The molecule has 2 aliphatic rings. The highest BCUT2D eigenvalue weighted by Crippen LogP contribution is 2.36. The topological polar surface area (TPSA) is 61.9 Å². The molecule has 6 nitrogen and oxygen atoms in total. The summed E-state index contributed by atoms with van der Waals surface area (Å²) in [5.74, 6) is 0.625. The van der Waals surface area contributed by atoms with E-state index in [0.717, 1.165) is 35.3 Å². The van der Waals surface area contributed by atoms with E-state index in [4.69, 9.17) is 4.74 Å². The van der Waals surface area contributed by atoms with Crippen LogP contribution in [0.5, 0.6) is 5.75 Å². The average molecular weight is 538 g/mol. The summed E-state index contributed by atoms with van der Waals surface area (Å²) < 4.78 is 6.03. The second-order valence-electron chi connectivity index (χ2n) is 11.0. The fourth-order valence-electron chi connectivity index (χ4n) is 5.63. The van der Waals surface area contributed by atoms with Gasteiger partial charge in [-0.05, 0) is 81.2 Å². The van der Waals surface area contributed by atoms with Crippen LogP contribution in [0, 0.1) is 6.92 Å². The molecule has 0 unspecified atom stereocenters. The number of hydrogen-bond acceptors (Lipinski definition) is 4. The minimum absolute atomic E-state index is 0.0808. The Kier molecular flexibility index (Phi) is 8.97. The van der Waals surface area contributed by atoms with Gasteiger partial charge in [-0.3, -0.25) is 14.5 Å². The van der Waals surface area contributed by atoms with Crippen LogP contribution in [0.2, 0.25) is 0 Å². The van der Waals surface area contributed by atoms with Crippen LogP contribution in [0.4, 0.5) is 5.69 Å². The molecule has 1 aliphatic heterocycles. The minimum Gasteiger partial charge on any atom is -0.449 e. The van der Waals surface area contributed by atoms with Crippen molar-refractivity contribution in [2.75, 3.05) is 25.0 Å². The lowest BCUT2D eigenvalue weighted by atomic mass is 9.94. The number of anilines is 1. The van der Waals surface area contributed by atoms with Crippen LogP contribution in [-0.4, -0.2) is 42.9 Å². The van der Waals surface area contributed by atoms with E-state index < -0.39 is 0 Å². The van der Waals surface area contributed by atoms with Crippen LogP contribution in [0.15, 0.2) is 78.6 Å². The maximum Gasteiger partial charge on any atom is 0.294 e. The van der Waals surface area contributed by atoms with Gasteiger partial charge in [-0.1, -0.05) is 73.4 Å². The number of amides is 2. The smallest absolute Gasteiger partial charge is 0.294 e. The van der Waals surface area contributed by atoms with Crippen molar-refractivity contribution in [2.24, 2.45) is 0 Å². The Morgan fingerprint density at radius 1 is 1.02 bits per heavy atom. The SMILES string of the molecule is Cc1cccc(CN2C(=O)C(=Cc3ccc(C(=O)NCCCN(C)C4CCCCC4)cc3)Oc3ccccc32)c1. The molecule has 0 atom stereocenters. The molecule has 0 bridgehead atoms. The fourth-order valence-corrected chi connectivity index (χ4v) is 5.63. The molecule has 208 valence electrons. The summed E-state index contributed by atoms with van der Waals surface area (Å²) in [6.45, 7) is 4.15. The number of nitrogens with one attached hydrogen (secondary N) is 1. The monoisotopic (exact) mass is 537 g/mol. The summed E-state index contributed by atoms with van der Waals surface area (Å²) in [6.07, 6.45) is 9.28. The first kappa shape index (κ1) is 27.7. The normalized spacial score (nSPS) is 16.6. The van der Waals surface area contributed by atoms with Gasteiger partial charge in [-0.25, -0.2) is 0 Å². The Hall–Kier alpha value is -3.90. The molecule has 6 heteroatoms. The number of benzene rings is 3. The Morgan fingerprint density at radius 3 is 2.58 bits per heavy atom. The molecular formula is C34H39N3O3. The molecule has 1 aliphatic carbocycles. The van der Waals surface area contributed by atoms with Gasteiger partial charge in [-0.2, -0.15) is 0 Å². The van der Waals surface area contributed by atoms with Crippen molar-refractivity contribution >= 4 is 23.6 Å². The largest absolute Gasteiger partial charge is 0.449 e. The quantitative estimate of drug-likeness (QED) is 0.255. The maximum absolute atomic E-state index is 13.5. The summed E-state index contributed by atoms with van der Waals surface area (Å²) in [4.78, 5) is 30.4. The highest BCUT2D eigenvalue weighted by atomic mass is 16.5. The van der Waals surface area contributed by atoms with Crippen molar-refractivity contribution in [1.29, 1.82) is 0 Å². The van der Waals surface area contributed by atoms with E-state index in [9.17, 15) is 9.59 Å². The van der Waals surface area contributed by atoms with Crippen molar-refractivity contribution in [3.63, 3.8) is 0 Å². The van der Waals surface area contributed by atoms with Crippen LogP contribution < -0.4 is 15.0 Å². The minimum atomic E-state index is -0.194. The first-order chi connectivity index (χ1) is 19.5. The van der Waals surface area contributed by atoms with Crippen molar-refractivity contribution in [3.8, 4) is 5.75 Å². The van der Waals surface area contributed by atoms with Gasteiger partial charge in [-0.15, -0.1) is 0 Å². The van der Waals surface area contributed by atoms with Gasteiger partial charge in [0, 0.05) is 18.2 Å². The number of hydrogen-bond donors (Lipinski definition) is 1. The number of carbonyl (C=O) groups is 2. The van der Waals surface area contributed by atoms with E-state index in [1.165, 1.54) is 32.1 Å². The summed E-state index contributed by atoms with van der Waals surface area (Å²) in [5.41, 5.74) is 4.36. The Labute approximate surface area is 237 Å². The molecule has 3 aromatic carbocycles. The van der Waals surface area contributed by atoms with Crippen LogP contribution in [-0.2, 0) is 11.3 Å². The molecular weight excluding hydrogens is 498 g/mol. The van der Waals surface area contributed by atoms with Gasteiger partial charge >= 0.3 is 0 Å². The molecule has 0 saturated heterocycles. The fraction of sp³-hybridized carbons (Fsp3) is 0.353. The number of aryl methyl sites for hydroxylation is 1. The van der Waals surface area contributed by atoms with E-state index in [-0.39, 0.29) is 17.6 Å². The lowest BCUT2D eigenvalue weighted by Gasteiger charge is -2.31. The molecule has 1 N–H and O–H groups in total. The Balaban J connectivity index is 1.21. The van der Waals surface area contributed by atoms with Crippen molar-refractivity contribution in [1.82, 2.24) is 10.2 Å². The first-order valence-corrected chi connectivity index (χ1v) is 14.4. The van der Waals surface area contributed by atoms with Gasteiger partial charge in [0.05, 0.1) is 12.2 Å². The Morgan fingerprint density at radius 2 is 1.80 bits per heavy atom. The third-order valence-corrected chi connectivity index (χ3v) is 7.90. The molecule has 2 amide bonds. The van der Waals surface area contributed by atoms with Crippen LogP contribution in [0.3, 0.4) is 0 Å². The second kappa shape index (κ2) is 13.0. The molecule has 3 aromatic rings. The van der Waals surface area contributed by atoms with Crippen molar-refractivity contribution < 1.29 is 14.3 Å². The lowest BCUT2D eigenvalue weighted by Crippen LogP contribution is -2.36. The number of fused-ring (bicyclic) bond motifs is 1. The molecule has 5 rings (SSSR count). The van der Waals surface area contributed by atoms with Gasteiger partial charge in [0.15, 0.2) is 11.5 Å². The van der Waals surface area contributed by atoms with Crippen LogP contribution >= 0.6 is 0 Å². The van der Waals surface area contributed by atoms with Gasteiger partial charge in [0.2, 0.25) is 0 Å². The maximum atomic E-state index is 13.5. The van der Waals surface area contributed by atoms with E-state index in [2.05, 4.69) is 23.3 Å². The second-order valence-corrected chi connectivity index (χ2v) is 11.0.